The summed E-state index contributed by atoms with van der Waals surface area (Å²) in [6.07, 6.45) is -0.755. The van der Waals surface area contributed by atoms with Gasteiger partial charge in [0.2, 0.25) is 0 Å². The third kappa shape index (κ3) is 4.77. The van der Waals surface area contributed by atoms with E-state index in [-0.39, 0.29) is 48.8 Å². The fraction of sp³-hybridized carbons (Fsp3) is 0.200. The molecule has 8 nitrogen and oxygen atoms in total. The van der Waals surface area contributed by atoms with Crippen LogP contribution in [0.5, 0.6) is 11.5 Å². The molecular formula is C20H16F2N2O6. The Bertz CT molecular complexity index is 910. The number of aldehydes is 2. The summed E-state index contributed by atoms with van der Waals surface area (Å²) in [4.78, 5) is 48.3. The molecule has 30 heavy (non-hydrogen) atoms. The van der Waals surface area contributed by atoms with Crippen molar-refractivity contribution in [2.45, 2.75) is 0 Å². The molecule has 0 unspecified atom stereocenters. The fourth-order valence-electron chi connectivity index (χ4n) is 2.74. The second-order valence-corrected chi connectivity index (χ2v) is 6.31. The lowest BCUT2D eigenvalue weighted by molar-refractivity contribution is 0.101. The molecule has 2 amide bonds. The second-order valence-electron chi connectivity index (χ2n) is 6.31. The molecule has 0 atom stereocenters. The quantitative estimate of drug-likeness (QED) is 0.709. The zero-order chi connectivity index (χ0) is 21.7. The van der Waals surface area contributed by atoms with E-state index in [0.29, 0.717) is 12.6 Å². The van der Waals surface area contributed by atoms with Crippen LogP contribution in [-0.4, -0.2) is 60.7 Å². The first-order valence-corrected chi connectivity index (χ1v) is 8.84. The van der Waals surface area contributed by atoms with Gasteiger partial charge in [-0.25, -0.2) is 18.4 Å². The Morgan fingerprint density at radius 2 is 1.10 bits per heavy atom. The number of benzene rings is 2. The van der Waals surface area contributed by atoms with Crippen LogP contribution < -0.4 is 9.47 Å². The summed E-state index contributed by atoms with van der Waals surface area (Å²) >= 11 is 0. The Hall–Kier alpha value is -3.82. The lowest BCUT2D eigenvalue weighted by Crippen LogP contribution is -2.52. The van der Waals surface area contributed by atoms with E-state index in [9.17, 15) is 28.0 Å². The molecule has 1 aliphatic rings. The molecular weight excluding hydrogens is 402 g/mol. The molecule has 0 aliphatic carbocycles. The molecule has 0 saturated carbocycles. The molecule has 0 bridgehead atoms. The molecule has 1 fully saturated rings. The first-order valence-electron chi connectivity index (χ1n) is 8.84. The van der Waals surface area contributed by atoms with E-state index >= 15 is 0 Å². The molecule has 2 aromatic carbocycles. The predicted molar refractivity (Wildman–Crippen MR) is 98.8 cm³/mol. The molecule has 0 radical (unpaired) electrons. The van der Waals surface area contributed by atoms with Crippen LogP contribution in [0.4, 0.5) is 18.4 Å². The SMILES string of the molecule is O=Cc1ccc(OC(=O)N2CCN(C(=O)Oc3ccc(C=O)c(F)c3)CC2)cc1F. The summed E-state index contributed by atoms with van der Waals surface area (Å²) in [6.45, 7) is 0.561. The Morgan fingerprint density at radius 1 is 0.733 bits per heavy atom. The van der Waals surface area contributed by atoms with E-state index in [4.69, 9.17) is 9.47 Å². The van der Waals surface area contributed by atoms with E-state index in [0.717, 1.165) is 12.1 Å². The molecule has 156 valence electrons. The summed E-state index contributed by atoms with van der Waals surface area (Å²) in [5.74, 6) is -1.71. The van der Waals surface area contributed by atoms with Gasteiger partial charge >= 0.3 is 12.2 Å². The molecule has 1 saturated heterocycles. The van der Waals surface area contributed by atoms with E-state index < -0.39 is 23.8 Å². The van der Waals surface area contributed by atoms with Crippen molar-refractivity contribution >= 4 is 24.8 Å². The highest BCUT2D eigenvalue weighted by molar-refractivity contribution is 5.77. The van der Waals surface area contributed by atoms with Crippen molar-refractivity contribution in [2.24, 2.45) is 0 Å². The van der Waals surface area contributed by atoms with Gasteiger partial charge in [0.25, 0.3) is 0 Å². The molecule has 0 N–H and O–H groups in total. The summed E-state index contributed by atoms with van der Waals surface area (Å²) in [7, 11) is 0. The van der Waals surface area contributed by atoms with Crippen LogP contribution in [0, 0.1) is 11.6 Å². The van der Waals surface area contributed by atoms with E-state index in [2.05, 4.69) is 0 Å². The third-order valence-corrected chi connectivity index (χ3v) is 4.40. The van der Waals surface area contributed by atoms with Gasteiger partial charge in [0.05, 0.1) is 11.1 Å². The van der Waals surface area contributed by atoms with Gasteiger partial charge in [-0.05, 0) is 24.3 Å². The van der Waals surface area contributed by atoms with E-state index in [1.165, 1.54) is 34.1 Å². The van der Waals surface area contributed by atoms with Crippen molar-refractivity contribution < 1.29 is 37.4 Å². The topological polar surface area (TPSA) is 93.2 Å². The molecule has 3 rings (SSSR count). The van der Waals surface area contributed by atoms with Crippen molar-refractivity contribution in [3.8, 4) is 11.5 Å². The number of hydrogen-bond acceptors (Lipinski definition) is 6. The molecule has 1 heterocycles. The lowest BCUT2D eigenvalue weighted by Gasteiger charge is -2.33. The predicted octanol–water partition coefficient (Wildman–Crippen LogP) is 2.91. The van der Waals surface area contributed by atoms with Crippen LogP contribution in [0.25, 0.3) is 0 Å². The summed E-state index contributed by atoms with van der Waals surface area (Å²) in [6, 6.07) is 6.86. The Kier molecular flexibility index (Phi) is 6.35. The molecule has 1 aliphatic heterocycles. The van der Waals surface area contributed by atoms with Crippen molar-refractivity contribution in [1.29, 1.82) is 0 Å². The van der Waals surface area contributed by atoms with Gasteiger partial charge in [0, 0.05) is 38.3 Å². The highest BCUT2D eigenvalue weighted by atomic mass is 19.1. The minimum absolute atomic E-state index is 0.0502. The Labute approximate surface area is 169 Å². The number of hydrogen-bond donors (Lipinski definition) is 0. The minimum Gasteiger partial charge on any atom is -0.410 e. The number of rotatable bonds is 4. The summed E-state index contributed by atoms with van der Waals surface area (Å²) in [5.41, 5.74) is -0.301. The number of ether oxygens (including phenoxy) is 2. The summed E-state index contributed by atoms with van der Waals surface area (Å²) < 4.78 is 37.4. The van der Waals surface area contributed by atoms with Crippen molar-refractivity contribution in [1.82, 2.24) is 9.80 Å². The van der Waals surface area contributed by atoms with E-state index in [1.54, 1.807) is 0 Å². The molecule has 0 spiro atoms. The number of carbonyl (C=O) groups excluding carboxylic acids is 4. The highest BCUT2D eigenvalue weighted by Crippen LogP contribution is 2.19. The summed E-state index contributed by atoms with van der Waals surface area (Å²) in [5, 5.41) is 0. The van der Waals surface area contributed by atoms with Gasteiger partial charge in [-0.1, -0.05) is 0 Å². The zero-order valence-electron chi connectivity index (χ0n) is 15.5. The van der Waals surface area contributed by atoms with Crippen molar-refractivity contribution in [2.75, 3.05) is 26.2 Å². The van der Waals surface area contributed by atoms with Crippen LogP contribution in [-0.2, 0) is 0 Å². The molecule has 10 heteroatoms. The molecule has 0 aromatic heterocycles. The number of piperazine rings is 1. The minimum atomic E-state index is -0.805. The second kappa shape index (κ2) is 9.12. The van der Waals surface area contributed by atoms with Crippen LogP contribution in [0.1, 0.15) is 20.7 Å². The van der Waals surface area contributed by atoms with E-state index in [1.807, 2.05) is 0 Å². The standard InChI is InChI=1S/C20H16F2N2O6/c21-17-9-15(3-1-13(17)11-25)29-19(27)23-5-7-24(8-6-23)20(28)30-16-4-2-14(12-26)18(22)10-16/h1-4,9-12H,5-8H2. The number of amides is 2. The Morgan fingerprint density at radius 3 is 1.40 bits per heavy atom. The average Bonchev–Trinajstić information content (AvgIpc) is 2.74. The highest BCUT2D eigenvalue weighted by Gasteiger charge is 2.26. The van der Waals surface area contributed by atoms with Gasteiger partial charge in [-0.3, -0.25) is 9.59 Å². The fourth-order valence-corrected chi connectivity index (χ4v) is 2.74. The van der Waals surface area contributed by atoms with Crippen LogP contribution in [0.2, 0.25) is 0 Å². The van der Waals surface area contributed by atoms with Gasteiger partial charge in [0.1, 0.15) is 23.1 Å². The van der Waals surface area contributed by atoms with Crippen LogP contribution in [0.3, 0.4) is 0 Å². The number of nitrogens with zero attached hydrogens (tertiary/aromatic N) is 2. The van der Waals surface area contributed by atoms with Crippen molar-refractivity contribution in [3.63, 3.8) is 0 Å². The lowest BCUT2D eigenvalue weighted by atomic mass is 10.2. The van der Waals surface area contributed by atoms with Gasteiger partial charge < -0.3 is 19.3 Å². The normalized spacial score (nSPS) is 13.5. The van der Waals surface area contributed by atoms with Crippen LogP contribution >= 0.6 is 0 Å². The average molecular weight is 418 g/mol. The van der Waals surface area contributed by atoms with Gasteiger partial charge in [-0.15, -0.1) is 0 Å². The maximum absolute atomic E-state index is 13.6. The molecule has 2 aromatic rings. The third-order valence-electron chi connectivity index (χ3n) is 4.40. The maximum Gasteiger partial charge on any atom is 0.415 e. The maximum atomic E-state index is 13.6. The van der Waals surface area contributed by atoms with Crippen molar-refractivity contribution in [3.05, 3.63) is 59.2 Å². The number of carbonyl (C=O) groups is 4. The Balaban J connectivity index is 1.52. The number of halogens is 2. The monoisotopic (exact) mass is 418 g/mol. The van der Waals surface area contributed by atoms with Gasteiger partial charge in [0.15, 0.2) is 12.6 Å². The largest absolute Gasteiger partial charge is 0.415 e. The first-order chi connectivity index (χ1) is 14.4. The first kappa shape index (κ1) is 20.9. The van der Waals surface area contributed by atoms with Crippen LogP contribution in [0.15, 0.2) is 36.4 Å². The smallest absolute Gasteiger partial charge is 0.410 e. The zero-order valence-corrected chi connectivity index (χ0v) is 15.5. The van der Waals surface area contributed by atoms with Gasteiger partial charge in [-0.2, -0.15) is 0 Å².